The number of benzene rings is 1. The number of rotatable bonds is 11. The minimum Gasteiger partial charge on any atom is -0.451 e. The van der Waals surface area contributed by atoms with E-state index in [0.29, 0.717) is 43.7 Å². The maximum atomic E-state index is 14.5. The van der Waals surface area contributed by atoms with E-state index in [-0.39, 0.29) is 46.0 Å². The summed E-state index contributed by atoms with van der Waals surface area (Å²) in [5.74, 6) is 0.947. The Morgan fingerprint density at radius 2 is 1.54 bits per heavy atom. The third-order valence-electron chi connectivity index (χ3n) is 13.1. The average molecular weight is 795 g/mol. The second kappa shape index (κ2) is 16.3. The van der Waals surface area contributed by atoms with Crippen LogP contribution in [-0.4, -0.2) is 138 Å². The lowest BCUT2D eigenvalue weighted by Crippen LogP contribution is -2.62. The predicted octanol–water partition coefficient (Wildman–Crippen LogP) is 5.03. The van der Waals surface area contributed by atoms with Crippen LogP contribution in [0.15, 0.2) is 43.4 Å². The molecule has 5 aliphatic heterocycles. The molecule has 13 nitrogen and oxygen atoms in total. The Kier molecular flexibility index (Phi) is 11.8. The van der Waals surface area contributed by atoms with Gasteiger partial charge in [0.15, 0.2) is 11.6 Å². The molecule has 0 radical (unpaired) electrons. The van der Waals surface area contributed by atoms with E-state index in [1.54, 1.807) is 19.7 Å². The van der Waals surface area contributed by atoms with Crippen LogP contribution in [0.1, 0.15) is 83.0 Å². The molecule has 6 heterocycles. The van der Waals surface area contributed by atoms with Gasteiger partial charge in [-0.1, -0.05) is 6.58 Å². The second-order valence-corrected chi connectivity index (χ2v) is 19.4. The first-order chi connectivity index (χ1) is 26.7. The van der Waals surface area contributed by atoms with Crippen molar-refractivity contribution in [2.75, 3.05) is 76.9 Å². The fourth-order valence-electron chi connectivity index (χ4n) is 9.96. The Morgan fingerprint density at radius 3 is 2.14 bits per heavy atom. The first-order valence-electron chi connectivity index (χ1n) is 20.5. The number of carbonyl (C=O) groups is 2. The number of hydrogen-bond donors (Lipinski definition) is 0. The number of halogens is 1. The number of nitrogens with zero attached hydrogens (tertiary/aromatic N) is 8. The summed E-state index contributed by atoms with van der Waals surface area (Å²) < 4.78 is 51.7. The zero-order valence-electron chi connectivity index (χ0n) is 33.5. The summed E-state index contributed by atoms with van der Waals surface area (Å²) in [6.07, 6.45) is 10.8. The van der Waals surface area contributed by atoms with E-state index in [9.17, 15) is 22.4 Å². The monoisotopic (exact) mass is 794 g/mol. The molecule has 7 rings (SSSR count). The number of carbonyl (C=O) groups excluding carboxylic acids is 2. The van der Waals surface area contributed by atoms with Gasteiger partial charge in [0.05, 0.1) is 11.8 Å². The zero-order valence-corrected chi connectivity index (χ0v) is 34.4. The molecule has 0 unspecified atom stereocenters. The Hall–Kier alpha value is -3.66. The van der Waals surface area contributed by atoms with Gasteiger partial charge in [-0.2, -0.15) is 17.0 Å². The Balaban J connectivity index is 0.888. The van der Waals surface area contributed by atoms with Crippen molar-refractivity contribution >= 4 is 27.8 Å². The number of likely N-dealkylation sites (tertiary alicyclic amines) is 2. The van der Waals surface area contributed by atoms with E-state index in [4.69, 9.17) is 4.74 Å². The SMILES string of the molecule is C=CC(=O)N1CCC2(CC1)CCN(S(=O)(=O)N1CCC3(CC1)CN(C[C@@H]1CCN(c4ncncc4Oc4ccc(F)cc4C(=O)N(C(C)C)C(C)C)C1)C3)CC2. The molecule has 5 aliphatic rings. The van der Waals surface area contributed by atoms with Crippen LogP contribution in [-0.2, 0) is 15.0 Å². The van der Waals surface area contributed by atoms with Crippen molar-refractivity contribution in [3.63, 3.8) is 0 Å². The van der Waals surface area contributed by atoms with Gasteiger partial charge in [-0.25, -0.2) is 14.4 Å². The largest absolute Gasteiger partial charge is 0.451 e. The van der Waals surface area contributed by atoms with E-state index in [0.717, 1.165) is 90.8 Å². The summed E-state index contributed by atoms with van der Waals surface area (Å²) in [5, 5.41) is 0. The molecule has 0 bridgehead atoms. The zero-order chi connectivity index (χ0) is 39.8. The summed E-state index contributed by atoms with van der Waals surface area (Å²) in [6, 6.07) is 3.87. The van der Waals surface area contributed by atoms with Gasteiger partial charge in [-0.15, -0.1) is 0 Å². The van der Waals surface area contributed by atoms with Gasteiger partial charge in [0.2, 0.25) is 5.91 Å². The van der Waals surface area contributed by atoms with Crippen molar-refractivity contribution in [3.8, 4) is 11.5 Å². The highest BCUT2D eigenvalue weighted by atomic mass is 32.2. The van der Waals surface area contributed by atoms with E-state index >= 15 is 0 Å². The Morgan fingerprint density at radius 1 is 0.929 bits per heavy atom. The van der Waals surface area contributed by atoms with Crippen molar-refractivity contribution in [3.05, 3.63) is 54.8 Å². The molecule has 2 amide bonds. The summed E-state index contributed by atoms with van der Waals surface area (Å²) >= 11 is 0. The van der Waals surface area contributed by atoms with Crippen molar-refractivity contribution in [2.45, 2.75) is 84.7 Å². The molecule has 0 N–H and O–H groups in total. The van der Waals surface area contributed by atoms with Gasteiger partial charge in [0.1, 0.15) is 17.9 Å². The number of aromatic nitrogens is 2. The first-order valence-corrected chi connectivity index (χ1v) is 21.9. The van der Waals surface area contributed by atoms with Crippen LogP contribution in [0.2, 0.25) is 0 Å². The third-order valence-corrected chi connectivity index (χ3v) is 15.2. The maximum Gasteiger partial charge on any atom is 0.281 e. The lowest BCUT2D eigenvalue weighted by atomic mass is 9.71. The van der Waals surface area contributed by atoms with Crippen LogP contribution in [0.3, 0.4) is 0 Å². The van der Waals surface area contributed by atoms with Crippen LogP contribution >= 0.6 is 0 Å². The molecule has 5 saturated heterocycles. The lowest BCUT2D eigenvalue weighted by molar-refractivity contribution is -0.128. The highest BCUT2D eigenvalue weighted by molar-refractivity contribution is 7.86. The number of anilines is 1. The van der Waals surface area contributed by atoms with E-state index in [1.165, 1.54) is 30.6 Å². The maximum absolute atomic E-state index is 14.5. The second-order valence-electron chi connectivity index (χ2n) is 17.5. The van der Waals surface area contributed by atoms with E-state index in [2.05, 4.69) is 26.3 Å². The molecule has 1 atom stereocenters. The summed E-state index contributed by atoms with van der Waals surface area (Å²) in [6.45, 7) is 19.6. The van der Waals surface area contributed by atoms with E-state index in [1.807, 2.05) is 32.6 Å². The molecule has 1 aromatic heterocycles. The number of hydrogen-bond acceptors (Lipinski definition) is 9. The van der Waals surface area contributed by atoms with Gasteiger partial charge >= 0.3 is 0 Å². The molecule has 306 valence electrons. The third kappa shape index (κ3) is 8.32. The molecule has 0 aliphatic carbocycles. The summed E-state index contributed by atoms with van der Waals surface area (Å²) in [7, 11) is -3.50. The smallest absolute Gasteiger partial charge is 0.281 e. The van der Waals surface area contributed by atoms with Crippen molar-refractivity contribution in [1.82, 2.24) is 33.3 Å². The van der Waals surface area contributed by atoms with E-state index < -0.39 is 16.0 Å². The Labute approximate surface area is 332 Å². The number of piperidine rings is 3. The minimum atomic E-state index is -3.50. The van der Waals surface area contributed by atoms with Gasteiger partial charge in [-0.05, 0) is 114 Å². The fraction of sp³-hybridized carbons (Fsp3) is 0.659. The highest BCUT2D eigenvalue weighted by Crippen LogP contribution is 2.45. The quantitative estimate of drug-likeness (QED) is 0.289. The standard InChI is InChI=1S/C41H59FN8O5S/c1-6-37(51)46-17-10-40(11-18-46)12-19-48(20-13-40)56(53,54)49-21-14-41(15-22-49)27-45(28-41)25-32-9-16-47(26-32)38-36(24-43-29-44-38)55-35-8-7-33(42)23-34(35)39(52)50(30(2)3)31(4)5/h6-8,23-24,29-32H,1,9-22,25-28H2,2-5H3/t32-/m0/s1. The van der Waals surface area contributed by atoms with Crippen LogP contribution in [0.5, 0.6) is 11.5 Å². The lowest BCUT2D eigenvalue weighted by Gasteiger charge is -2.55. The Bertz CT molecular complexity index is 1850. The molecular weight excluding hydrogens is 736 g/mol. The normalized spacial score (nSPS) is 23.2. The average Bonchev–Trinajstić information content (AvgIpc) is 3.63. The fourth-order valence-corrected chi connectivity index (χ4v) is 11.6. The van der Waals surface area contributed by atoms with Gasteiger partial charge in [-0.3, -0.25) is 9.59 Å². The molecule has 5 fully saturated rings. The van der Waals surface area contributed by atoms with Crippen LogP contribution in [0, 0.1) is 22.6 Å². The summed E-state index contributed by atoms with van der Waals surface area (Å²) in [5.41, 5.74) is 0.463. The number of ether oxygens (including phenoxy) is 1. The predicted molar refractivity (Wildman–Crippen MR) is 213 cm³/mol. The topological polar surface area (TPSA) is 123 Å². The molecule has 56 heavy (non-hydrogen) atoms. The van der Waals surface area contributed by atoms with Gasteiger partial charge in [0.25, 0.3) is 16.1 Å². The van der Waals surface area contributed by atoms with Crippen molar-refractivity contribution in [2.24, 2.45) is 16.7 Å². The number of amides is 2. The van der Waals surface area contributed by atoms with Gasteiger partial charge in [0, 0.05) is 84.1 Å². The minimum absolute atomic E-state index is 0.0169. The van der Waals surface area contributed by atoms with Crippen LogP contribution in [0.25, 0.3) is 0 Å². The first kappa shape index (κ1) is 40.5. The van der Waals surface area contributed by atoms with Crippen molar-refractivity contribution < 1.29 is 27.1 Å². The molecule has 15 heteroatoms. The molecule has 2 aromatic rings. The highest BCUT2D eigenvalue weighted by Gasteiger charge is 2.49. The van der Waals surface area contributed by atoms with Crippen LogP contribution in [0.4, 0.5) is 10.2 Å². The molecular formula is C41H59FN8O5S. The van der Waals surface area contributed by atoms with Gasteiger partial charge < -0.3 is 24.3 Å². The van der Waals surface area contributed by atoms with Crippen LogP contribution < -0.4 is 9.64 Å². The molecule has 1 aromatic carbocycles. The summed E-state index contributed by atoms with van der Waals surface area (Å²) in [4.78, 5) is 42.7. The molecule has 2 spiro atoms. The molecule has 0 saturated carbocycles. The van der Waals surface area contributed by atoms with Crippen molar-refractivity contribution in [1.29, 1.82) is 0 Å².